The molecule has 0 saturated heterocycles. The van der Waals surface area contributed by atoms with Gasteiger partial charge in [0.05, 0.1) is 29.1 Å². The van der Waals surface area contributed by atoms with E-state index < -0.39 is 39.7 Å². The molecule has 3 aromatic carbocycles. The number of aliphatic hydroxyl groups excluding tert-OH is 1. The average Bonchev–Trinajstić information content (AvgIpc) is 3.42. The Balaban J connectivity index is 1.62. The van der Waals surface area contributed by atoms with Crippen LogP contribution in [0.4, 0.5) is 14.5 Å². The maximum absolute atomic E-state index is 14.1. The van der Waals surface area contributed by atoms with E-state index in [1.807, 2.05) is 35.0 Å². The Hall–Kier alpha value is -3.80. The maximum atomic E-state index is 14.1. The minimum atomic E-state index is -3.65. The van der Waals surface area contributed by atoms with Crippen LogP contribution in [0.25, 0.3) is 10.9 Å². The van der Waals surface area contributed by atoms with Gasteiger partial charge in [0.15, 0.2) is 0 Å². The van der Waals surface area contributed by atoms with Gasteiger partial charge in [0.25, 0.3) is 5.91 Å². The normalized spacial score (nSPS) is 13.1. The second-order valence-electron chi connectivity index (χ2n) is 11.3. The summed E-state index contributed by atoms with van der Waals surface area (Å²) in [5.41, 5.74) is 3.63. The van der Waals surface area contributed by atoms with Gasteiger partial charge in [-0.1, -0.05) is 44.5 Å². The average molecular weight is 641 g/mol. The lowest BCUT2D eigenvalue weighted by Crippen LogP contribution is -2.48. The number of aromatic nitrogens is 1. The van der Waals surface area contributed by atoms with Crippen LogP contribution in [0.3, 0.4) is 0 Å². The van der Waals surface area contributed by atoms with E-state index in [9.17, 15) is 27.1 Å². The number of benzene rings is 3. The van der Waals surface area contributed by atoms with Crippen LogP contribution in [0.2, 0.25) is 0 Å². The van der Waals surface area contributed by atoms with Gasteiger partial charge in [0.1, 0.15) is 11.6 Å². The Morgan fingerprint density at radius 1 is 0.956 bits per heavy atom. The highest BCUT2D eigenvalue weighted by molar-refractivity contribution is 7.92. The quantitative estimate of drug-likeness (QED) is 0.129. The van der Waals surface area contributed by atoms with Crippen molar-refractivity contribution in [2.75, 3.05) is 17.0 Å². The second-order valence-corrected chi connectivity index (χ2v) is 13.3. The number of aryl methyl sites for hydroxylation is 2. The fourth-order valence-corrected chi connectivity index (χ4v) is 5.91. The van der Waals surface area contributed by atoms with Crippen molar-refractivity contribution in [3.63, 3.8) is 0 Å². The molecule has 0 saturated carbocycles. The molecule has 45 heavy (non-hydrogen) atoms. The molecule has 8 nitrogen and oxygen atoms in total. The smallest absolute Gasteiger partial charge is 0.251 e. The van der Waals surface area contributed by atoms with E-state index >= 15 is 0 Å². The third-order valence-corrected chi connectivity index (χ3v) is 9.08. The molecule has 0 aliphatic carbocycles. The summed E-state index contributed by atoms with van der Waals surface area (Å²) in [7, 11) is -3.65. The van der Waals surface area contributed by atoms with Crippen molar-refractivity contribution in [1.82, 2.24) is 15.2 Å². The number of amides is 1. The monoisotopic (exact) mass is 640 g/mol. The highest BCUT2D eigenvalue weighted by Gasteiger charge is 2.24. The number of nitrogens with zero attached hydrogens (tertiary/aromatic N) is 1. The molecule has 242 valence electrons. The molecule has 1 aromatic heterocycles. The van der Waals surface area contributed by atoms with Crippen molar-refractivity contribution < 1.29 is 27.1 Å². The molecule has 1 amide bonds. The van der Waals surface area contributed by atoms with Gasteiger partial charge in [-0.15, -0.1) is 0 Å². The number of hydrogen-bond acceptors (Lipinski definition) is 5. The highest BCUT2D eigenvalue weighted by Crippen LogP contribution is 2.28. The number of halogens is 2. The predicted molar refractivity (Wildman–Crippen MR) is 175 cm³/mol. The third kappa shape index (κ3) is 9.35. The predicted octanol–water partition coefficient (Wildman–Crippen LogP) is 5.54. The van der Waals surface area contributed by atoms with Crippen molar-refractivity contribution >= 4 is 32.5 Å². The van der Waals surface area contributed by atoms with Gasteiger partial charge in [-0.2, -0.15) is 0 Å². The summed E-state index contributed by atoms with van der Waals surface area (Å²) in [6.45, 7) is 6.92. The molecule has 4 aromatic rings. The number of fused-ring (bicyclic) bond motifs is 1. The van der Waals surface area contributed by atoms with Crippen molar-refractivity contribution in [3.05, 3.63) is 101 Å². The number of aliphatic hydroxyl groups is 1. The Bertz CT molecular complexity index is 1700. The van der Waals surface area contributed by atoms with E-state index in [1.54, 1.807) is 6.07 Å². The molecule has 0 radical (unpaired) electrons. The van der Waals surface area contributed by atoms with Crippen LogP contribution in [0, 0.1) is 11.6 Å². The number of carbonyl (C=O) groups excluding carboxylic acids is 1. The van der Waals surface area contributed by atoms with Gasteiger partial charge in [-0.3, -0.25) is 9.52 Å². The van der Waals surface area contributed by atoms with Gasteiger partial charge in [0, 0.05) is 42.8 Å². The van der Waals surface area contributed by atoms with Crippen molar-refractivity contribution in [1.29, 1.82) is 0 Å². The standard InChI is InChI=1S/C34H42F2N4O4S/c1-4-7-12-40-13-11-29-30(39-45(43,44)6-3)18-26(19-32(29)40)34(42)38-31(17-25-15-27(35)20-28(36)16-25)33(41)22-37-21-24-10-8-9-23(5-2)14-24/h8-11,13-16,18-20,31,33,37,39,41H,4-7,12,17,21-22H2,1-3H3,(H,38,42)/t31-,33+/m0/s1. The lowest BCUT2D eigenvalue weighted by atomic mass is 9.99. The van der Waals surface area contributed by atoms with Crippen molar-refractivity contribution in [2.45, 2.75) is 71.7 Å². The van der Waals surface area contributed by atoms with Gasteiger partial charge in [-0.25, -0.2) is 17.2 Å². The second kappa shape index (κ2) is 15.5. The molecule has 4 N–H and O–H groups in total. The fraction of sp³-hybridized carbons (Fsp3) is 0.382. The summed E-state index contributed by atoms with van der Waals surface area (Å²) in [4.78, 5) is 13.8. The summed E-state index contributed by atoms with van der Waals surface area (Å²) < 4.78 is 57.7. The summed E-state index contributed by atoms with van der Waals surface area (Å²) in [5, 5.41) is 18.0. The number of unbranched alkanes of at least 4 members (excludes halogenated alkanes) is 1. The first-order valence-electron chi connectivity index (χ1n) is 15.4. The zero-order valence-corrected chi connectivity index (χ0v) is 26.8. The largest absolute Gasteiger partial charge is 0.390 e. The molecular formula is C34H42F2N4O4S. The lowest BCUT2D eigenvalue weighted by Gasteiger charge is -2.25. The molecule has 0 spiro atoms. The first-order chi connectivity index (χ1) is 21.5. The number of sulfonamides is 1. The zero-order valence-electron chi connectivity index (χ0n) is 25.9. The highest BCUT2D eigenvalue weighted by atomic mass is 32.2. The van der Waals surface area contributed by atoms with Crippen LogP contribution in [0.5, 0.6) is 0 Å². The minimum absolute atomic E-state index is 0.0426. The van der Waals surface area contributed by atoms with E-state index in [0.29, 0.717) is 24.0 Å². The van der Waals surface area contributed by atoms with E-state index in [-0.39, 0.29) is 35.5 Å². The molecule has 4 rings (SSSR count). The molecule has 0 unspecified atom stereocenters. The zero-order chi connectivity index (χ0) is 32.6. The van der Waals surface area contributed by atoms with E-state index in [1.165, 1.54) is 30.7 Å². The Kier molecular flexibility index (Phi) is 11.7. The molecule has 11 heteroatoms. The van der Waals surface area contributed by atoms with Crippen LogP contribution >= 0.6 is 0 Å². The minimum Gasteiger partial charge on any atom is -0.390 e. The Labute approximate surface area is 263 Å². The van der Waals surface area contributed by atoms with Crippen molar-refractivity contribution in [2.24, 2.45) is 0 Å². The van der Waals surface area contributed by atoms with E-state index in [0.717, 1.165) is 30.9 Å². The summed E-state index contributed by atoms with van der Waals surface area (Å²) in [6, 6.07) is 15.2. The topological polar surface area (TPSA) is 112 Å². The molecular weight excluding hydrogens is 598 g/mol. The summed E-state index contributed by atoms with van der Waals surface area (Å²) >= 11 is 0. The van der Waals surface area contributed by atoms with Crippen molar-refractivity contribution in [3.8, 4) is 0 Å². The molecule has 1 heterocycles. The van der Waals surface area contributed by atoms with Gasteiger partial charge >= 0.3 is 0 Å². The number of carbonyl (C=O) groups is 1. The lowest BCUT2D eigenvalue weighted by molar-refractivity contribution is 0.0830. The molecule has 0 aliphatic heterocycles. The van der Waals surface area contributed by atoms with Gasteiger partial charge in [-0.05, 0) is 73.2 Å². The van der Waals surface area contributed by atoms with Crippen LogP contribution in [-0.2, 0) is 36.0 Å². The van der Waals surface area contributed by atoms with Crippen LogP contribution < -0.4 is 15.4 Å². The van der Waals surface area contributed by atoms with E-state index in [4.69, 9.17) is 0 Å². The number of rotatable bonds is 16. The van der Waals surface area contributed by atoms with Gasteiger partial charge < -0.3 is 20.3 Å². The Morgan fingerprint density at radius 2 is 1.69 bits per heavy atom. The van der Waals surface area contributed by atoms with Gasteiger partial charge in [0.2, 0.25) is 10.0 Å². The molecule has 0 fully saturated rings. The molecule has 0 aliphatic rings. The summed E-state index contributed by atoms with van der Waals surface area (Å²) in [6.07, 6.45) is 3.44. The number of hydrogen-bond donors (Lipinski definition) is 4. The Morgan fingerprint density at radius 3 is 2.38 bits per heavy atom. The SMILES string of the molecule is CCCCn1ccc2c(NS(=O)(=O)CC)cc(C(=O)N[C@@H](Cc3cc(F)cc(F)c3)[C@H](O)CNCc3cccc(CC)c3)cc21. The van der Waals surface area contributed by atoms with Crippen LogP contribution in [-0.4, -0.2) is 48.4 Å². The molecule has 0 bridgehead atoms. The fourth-order valence-electron chi connectivity index (χ4n) is 5.26. The van der Waals surface area contributed by atoms with Crippen LogP contribution in [0.1, 0.15) is 60.7 Å². The number of anilines is 1. The molecule has 2 atom stereocenters. The summed E-state index contributed by atoms with van der Waals surface area (Å²) in [5.74, 6) is -2.22. The number of nitrogens with one attached hydrogen (secondary N) is 3. The maximum Gasteiger partial charge on any atom is 0.251 e. The first-order valence-corrected chi connectivity index (χ1v) is 17.0. The van der Waals surface area contributed by atoms with E-state index in [2.05, 4.69) is 35.3 Å². The third-order valence-electron chi connectivity index (χ3n) is 7.79. The van der Waals surface area contributed by atoms with Crippen LogP contribution in [0.15, 0.2) is 66.9 Å². The first kappa shape index (κ1) is 34.1.